The Morgan fingerprint density at radius 1 is 1.23 bits per heavy atom. The fraction of sp³-hybridized carbons (Fsp3) is 0.118. The molecule has 0 aliphatic rings. The lowest BCUT2D eigenvalue weighted by Crippen LogP contribution is -2.15. The van der Waals surface area contributed by atoms with Crippen molar-refractivity contribution in [3.63, 3.8) is 0 Å². The topological polar surface area (TPSA) is 54.1 Å². The summed E-state index contributed by atoms with van der Waals surface area (Å²) in [5.41, 5.74) is 2.53. The van der Waals surface area contributed by atoms with Gasteiger partial charge in [-0.25, -0.2) is 0 Å². The molecular formula is C17H15ClN2O2. The number of hydrogen-bond acceptors (Lipinski definition) is 2. The van der Waals surface area contributed by atoms with Crippen LogP contribution in [0.4, 0.5) is 5.69 Å². The molecule has 0 saturated carbocycles. The predicted octanol–water partition coefficient (Wildman–Crippen LogP) is 4.01. The molecular weight excluding hydrogens is 300 g/mol. The molecule has 112 valence electrons. The van der Waals surface area contributed by atoms with Gasteiger partial charge in [0.1, 0.15) is 5.75 Å². The molecule has 2 aromatic carbocycles. The first-order valence-corrected chi connectivity index (χ1v) is 7.23. The number of aromatic amines is 1. The van der Waals surface area contributed by atoms with Crippen LogP contribution in [0.5, 0.6) is 5.75 Å². The molecule has 0 radical (unpaired) electrons. The first kappa shape index (κ1) is 14.5. The highest BCUT2D eigenvalue weighted by Crippen LogP contribution is 2.27. The van der Waals surface area contributed by atoms with Crippen LogP contribution >= 0.6 is 11.6 Å². The number of rotatable bonds is 4. The molecule has 3 rings (SSSR count). The lowest BCUT2D eigenvalue weighted by atomic mass is 10.1. The van der Waals surface area contributed by atoms with Gasteiger partial charge < -0.3 is 15.0 Å². The summed E-state index contributed by atoms with van der Waals surface area (Å²) in [5.74, 6) is 0.462. The summed E-state index contributed by atoms with van der Waals surface area (Å²) >= 11 is 5.96. The van der Waals surface area contributed by atoms with Crippen molar-refractivity contribution in [2.24, 2.45) is 0 Å². The van der Waals surface area contributed by atoms with E-state index >= 15 is 0 Å². The number of nitrogens with one attached hydrogen (secondary N) is 2. The fourth-order valence-electron chi connectivity index (χ4n) is 2.36. The van der Waals surface area contributed by atoms with E-state index < -0.39 is 0 Å². The minimum Gasteiger partial charge on any atom is -0.495 e. The fourth-order valence-corrected chi connectivity index (χ4v) is 2.53. The summed E-state index contributed by atoms with van der Waals surface area (Å²) in [7, 11) is 1.55. The van der Waals surface area contributed by atoms with E-state index in [0.717, 1.165) is 16.5 Å². The standard InChI is InChI=1S/C17H15ClN2O2/c1-22-16-5-4-13(18)10-15(16)20-17(21)9-11-2-3-12-6-7-19-14(12)8-11/h2-8,10,19H,9H2,1H3,(H,20,21). The van der Waals surface area contributed by atoms with E-state index in [1.54, 1.807) is 25.3 Å². The SMILES string of the molecule is COc1ccc(Cl)cc1NC(=O)Cc1ccc2cc[nH]c2c1. The zero-order valence-corrected chi connectivity index (χ0v) is 12.8. The first-order valence-electron chi connectivity index (χ1n) is 6.85. The van der Waals surface area contributed by atoms with E-state index in [4.69, 9.17) is 16.3 Å². The lowest BCUT2D eigenvalue weighted by molar-refractivity contribution is -0.115. The van der Waals surface area contributed by atoms with Gasteiger partial charge in [0.15, 0.2) is 0 Å². The Kier molecular flexibility index (Phi) is 4.02. The Morgan fingerprint density at radius 2 is 2.09 bits per heavy atom. The lowest BCUT2D eigenvalue weighted by Gasteiger charge is -2.10. The average molecular weight is 315 g/mol. The highest BCUT2D eigenvalue weighted by atomic mass is 35.5. The molecule has 0 saturated heterocycles. The third-order valence-electron chi connectivity index (χ3n) is 3.42. The molecule has 3 aromatic rings. The van der Waals surface area contributed by atoms with Crippen LogP contribution in [0, 0.1) is 0 Å². The Labute approximate surface area is 133 Å². The smallest absolute Gasteiger partial charge is 0.228 e. The maximum atomic E-state index is 12.2. The van der Waals surface area contributed by atoms with E-state index in [2.05, 4.69) is 10.3 Å². The van der Waals surface area contributed by atoms with Crippen LogP contribution in [0.25, 0.3) is 10.9 Å². The summed E-state index contributed by atoms with van der Waals surface area (Å²) in [6.45, 7) is 0. The van der Waals surface area contributed by atoms with Crippen molar-refractivity contribution in [3.8, 4) is 5.75 Å². The molecule has 0 aliphatic heterocycles. The number of fused-ring (bicyclic) bond motifs is 1. The zero-order chi connectivity index (χ0) is 15.5. The Morgan fingerprint density at radius 3 is 2.91 bits per heavy atom. The minimum absolute atomic E-state index is 0.119. The summed E-state index contributed by atoms with van der Waals surface area (Å²) in [6, 6.07) is 13.0. The molecule has 5 heteroatoms. The number of anilines is 1. The zero-order valence-electron chi connectivity index (χ0n) is 12.0. The van der Waals surface area contributed by atoms with Crippen LogP contribution in [0.1, 0.15) is 5.56 Å². The molecule has 0 unspecified atom stereocenters. The third kappa shape index (κ3) is 3.07. The number of aromatic nitrogens is 1. The Hall–Kier alpha value is -2.46. The van der Waals surface area contributed by atoms with Crippen molar-refractivity contribution in [1.82, 2.24) is 4.98 Å². The Bertz CT molecular complexity index is 826. The number of carbonyl (C=O) groups is 1. The highest BCUT2D eigenvalue weighted by Gasteiger charge is 2.09. The van der Waals surface area contributed by atoms with Crippen molar-refractivity contribution in [2.75, 3.05) is 12.4 Å². The summed E-state index contributed by atoms with van der Waals surface area (Å²) < 4.78 is 5.22. The second-order valence-electron chi connectivity index (χ2n) is 4.97. The van der Waals surface area contributed by atoms with Gasteiger partial charge in [-0.05, 0) is 41.3 Å². The number of H-pyrrole nitrogens is 1. The summed E-state index contributed by atoms with van der Waals surface area (Å²) in [4.78, 5) is 15.4. The highest BCUT2D eigenvalue weighted by molar-refractivity contribution is 6.31. The van der Waals surface area contributed by atoms with Gasteiger partial charge in [-0.15, -0.1) is 0 Å². The molecule has 22 heavy (non-hydrogen) atoms. The molecule has 1 amide bonds. The minimum atomic E-state index is -0.119. The van der Waals surface area contributed by atoms with Crippen LogP contribution in [-0.4, -0.2) is 18.0 Å². The predicted molar refractivity (Wildman–Crippen MR) is 88.6 cm³/mol. The summed E-state index contributed by atoms with van der Waals surface area (Å²) in [5, 5.41) is 4.50. The largest absolute Gasteiger partial charge is 0.495 e. The summed E-state index contributed by atoms with van der Waals surface area (Å²) in [6.07, 6.45) is 2.16. The van der Waals surface area contributed by atoms with Crippen LogP contribution in [0.3, 0.4) is 0 Å². The molecule has 0 fully saturated rings. The van der Waals surface area contributed by atoms with E-state index in [0.29, 0.717) is 16.5 Å². The molecule has 0 aliphatic carbocycles. The van der Waals surface area contributed by atoms with Gasteiger partial charge in [0.05, 0.1) is 19.2 Å². The number of methoxy groups -OCH3 is 1. The van der Waals surface area contributed by atoms with Crippen molar-refractivity contribution in [2.45, 2.75) is 6.42 Å². The van der Waals surface area contributed by atoms with Gasteiger partial charge in [-0.3, -0.25) is 4.79 Å². The normalized spacial score (nSPS) is 10.6. The van der Waals surface area contributed by atoms with Gasteiger partial charge in [-0.1, -0.05) is 23.7 Å². The van der Waals surface area contributed by atoms with Gasteiger partial charge in [0.2, 0.25) is 5.91 Å². The van der Waals surface area contributed by atoms with Gasteiger partial charge >= 0.3 is 0 Å². The second kappa shape index (κ2) is 6.12. The molecule has 1 heterocycles. The molecule has 1 aromatic heterocycles. The number of carbonyl (C=O) groups excluding carboxylic acids is 1. The maximum Gasteiger partial charge on any atom is 0.228 e. The van der Waals surface area contributed by atoms with E-state index in [9.17, 15) is 4.79 Å². The van der Waals surface area contributed by atoms with E-state index in [-0.39, 0.29) is 12.3 Å². The molecule has 0 spiro atoms. The van der Waals surface area contributed by atoms with E-state index in [1.807, 2.05) is 30.5 Å². The van der Waals surface area contributed by atoms with Crippen LogP contribution in [-0.2, 0) is 11.2 Å². The van der Waals surface area contributed by atoms with Crippen LogP contribution in [0.2, 0.25) is 5.02 Å². The average Bonchev–Trinajstić information content (AvgIpc) is 2.95. The number of hydrogen-bond donors (Lipinski definition) is 2. The number of halogens is 1. The van der Waals surface area contributed by atoms with Crippen molar-refractivity contribution in [1.29, 1.82) is 0 Å². The van der Waals surface area contributed by atoms with Crippen molar-refractivity contribution >= 4 is 34.1 Å². The van der Waals surface area contributed by atoms with Gasteiger partial charge in [-0.2, -0.15) is 0 Å². The monoisotopic (exact) mass is 314 g/mol. The number of ether oxygens (including phenoxy) is 1. The molecule has 4 nitrogen and oxygen atoms in total. The molecule has 2 N–H and O–H groups in total. The van der Waals surface area contributed by atoms with Crippen molar-refractivity contribution < 1.29 is 9.53 Å². The second-order valence-corrected chi connectivity index (χ2v) is 5.41. The van der Waals surface area contributed by atoms with Gasteiger partial charge in [0, 0.05) is 16.7 Å². The van der Waals surface area contributed by atoms with Crippen LogP contribution < -0.4 is 10.1 Å². The van der Waals surface area contributed by atoms with E-state index in [1.165, 1.54) is 0 Å². The number of benzene rings is 2. The maximum absolute atomic E-state index is 12.2. The quantitative estimate of drug-likeness (QED) is 0.764. The molecule has 0 atom stereocenters. The number of amides is 1. The molecule has 0 bridgehead atoms. The first-order chi connectivity index (χ1) is 10.7. The van der Waals surface area contributed by atoms with Crippen molar-refractivity contribution in [3.05, 3.63) is 59.2 Å². The van der Waals surface area contributed by atoms with Gasteiger partial charge in [0.25, 0.3) is 0 Å². The van der Waals surface area contributed by atoms with Crippen LogP contribution in [0.15, 0.2) is 48.7 Å². The third-order valence-corrected chi connectivity index (χ3v) is 3.65. The Balaban J connectivity index is 1.76.